The van der Waals surface area contributed by atoms with Crippen molar-refractivity contribution in [2.45, 2.75) is 19.9 Å². The van der Waals surface area contributed by atoms with Crippen molar-refractivity contribution in [1.82, 2.24) is 10.2 Å². The molecule has 3 rings (SSSR count). The van der Waals surface area contributed by atoms with Gasteiger partial charge in [-0.1, -0.05) is 12.1 Å². The van der Waals surface area contributed by atoms with Crippen molar-refractivity contribution in [3.63, 3.8) is 0 Å². The van der Waals surface area contributed by atoms with Crippen molar-refractivity contribution in [2.24, 2.45) is 5.41 Å². The van der Waals surface area contributed by atoms with E-state index in [1.807, 2.05) is 0 Å². The first-order valence-corrected chi connectivity index (χ1v) is 9.19. The van der Waals surface area contributed by atoms with E-state index in [-0.39, 0.29) is 25.0 Å². The first-order valence-electron chi connectivity index (χ1n) is 9.19. The minimum atomic E-state index is -0.915. The topological polar surface area (TPSA) is 98.7 Å². The van der Waals surface area contributed by atoms with Crippen molar-refractivity contribution in [2.75, 3.05) is 18.4 Å². The molecule has 29 heavy (non-hydrogen) atoms. The van der Waals surface area contributed by atoms with Gasteiger partial charge in [-0.05, 0) is 55.3 Å². The summed E-state index contributed by atoms with van der Waals surface area (Å²) in [5.41, 5.74) is 0.740. The lowest BCUT2D eigenvalue weighted by Crippen LogP contribution is -2.40. The molecule has 1 unspecified atom stereocenters. The fourth-order valence-corrected chi connectivity index (χ4v) is 3.16. The lowest BCUT2D eigenvalue weighted by atomic mass is 9.90. The Bertz CT molecular complexity index is 932. The fraction of sp³-hybridized carbons (Fsp3) is 0.286. The van der Waals surface area contributed by atoms with E-state index in [4.69, 9.17) is 0 Å². The predicted octanol–water partition coefficient (Wildman–Crippen LogP) is 3.08. The highest BCUT2D eigenvalue weighted by atomic mass is 19.1. The fourth-order valence-electron chi connectivity index (χ4n) is 3.16. The number of anilines is 1. The maximum Gasteiger partial charge on any atom is 0.317 e. The van der Waals surface area contributed by atoms with Gasteiger partial charge in [0.2, 0.25) is 0 Å². The number of nitrogens with one attached hydrogen (secondary N) is 2. The molecule has 2 aromatic rings. The standard InChI is InChI=1S/C21H22FN3O4/c1-21(19(27)28)9-10-25(13-21)20(29)23-12-14-3-2-4-17(11-14)24-18(26)15-5-7-16(22)8-6-15/h2-8,11H,9-10,12-13H2,1H3,(H,23,29)(H,24,26)(H,27,28). The lowest BCUT2D eigenvalue weighted by molar-refractivity contribution is -0.147. The highest BCUT2D eigenvalue weighted by Gasteiger charge is 2.42. The van der Waals surface area contributed by atoms with Gasteiger partial charge in [-0.2, -0.15) is 0 Å². The van der Waals surface area contributed by atoms with Gasteiger partial charge in [0.25, 0.3) is 5.91 Å². The third-order valence-electron chi connectivity index (χ3n) is 5.01. The second kappa shape index (κ2) is 8.30. The molecular formula is C21H22FN3O4. The molecule has 0 saturated carbocycles. The number of carbonyl (C=O) groups is 3. The van der Waals surface area contributed by atoms with Gasteiger partial charge in [0, 0.05) is 30.9 Å². The summed E-state index contributed by atoms with van der Waals surface area (Å²) in [5, 5.41) is 14.8. The van der Waals surface area contributed by atoms with Crippen LogP contribution in [0.15, 0.2) is 48.5 Å². The van der Waals surface area contributed by atoms with Crippen LogP contribution in [-0.2, 0) is 11.3 Å². The molecule has 1 aliphatic rings. The quantitative estimate of drug-likeness (QED) is 0.720. The molecule has 1 heterocycles. The average Bonchev–Trinajstić information content (AvgIpc) is 3.11. The largest absolute Gasteiger partial charge is 0.481 e. The molecule has 1 fully saturated rings. The first kappa shape index (κ1) is 20.3. The van der Waals surface area contributed by atoms with Crippen LogP contribution in [0, 0.1) is 11.2 Å². The van der Waals surface area contributed by atoms with Crippen molar-refractivity contribution < 1.29 is 23.9 Å². The number of urea groups is 1. The second-order valence-electron chi connectivity index (χ2n) is 7.36. The third kappa shape index (κ3) is 4.90. The van der Waals surface area contributed by atoms with Gasteiger partial charge in [0.05, 0.1) is 5.41 Å². The molecule has 0 bridgehead atoms. The summed E-state index contributed by atoms with van der Waals surface area (Å²) < 4.78 is 13.0. The van der Waals surface area contributed by atoms with Gasteiger partial charge < -0.3 is 20.6 Å². The zero-order valence-electron chi connectivity index (χ0n) is 15.9. The number of nitrogens with zero attached hydrogens (tertiary/aromatic N) is 1. The summed E-state index contributed by atoms with van der Waals surface area (Å²) in [4.78, 5) is 37.4. The van der Waals surface area contributed by atoms with Crippen LogP contribution in [0.3, 0.4) is 0 Å². The average molecular weight is 399 g/mol. The molecule has 3 N–H and O–H groups in total. The molecular weight excluding hydrogens is 377 g/mol. The van der Waals surface area contributed by atoms with Crippen LogP contribution >= 0.6 is 0 Å². The highest BCUT2D eigenvalue weighted by molar-refractivity contribution is 6.04. The highest BCUT2D eigenvalue weighted by Crippen LogP contribution is 2.30. The van der Waals surface area contributed by atoms with Gasteiger partial charge in [-0.25, -0.2) is 9.18 Å². The Labute approximate surface area is 167 Å². The zero-order valence-corrected chi connectivity index (χ0v) is 15.9. The van der Waals surface area contributed by atoms with E-state index in [0.717, 1.165) is 5.56 Å². The van der Waals surface area contributed by atoms with Crippen LogP contribution in [0.25, 0.3) is 0 Å². The summed E-state index contributed by atoms with van der Waals surface area (Å²) in [5.74, 6) is -1.69. The summed E-state index contributed by atoms with van der Waals surface area (Å²) in [7, 11) is 0. The first-order chi connectivity index (χ1) is 13.8. The maximum absolute atomic E-state index is 13.0. The summed E-state index contributed by atoms with van der Waals surface area (Å²) in [6, 6.07) is 11.9. The van der Waals surface area contributed by atoms with E-state index in [0.29, 0.717) is 24.2 Å². The Morgan fingerprint density at radius 2 is 1.90 bits per heavy atom. The van der Waals surface area contributed by atoms with Crippen LogP contribution < -0.4 is 10.6 Å². The number of benzene rings is 2. The van der Waals surface area contributed by atoms with E-state index in [9.17, 15) is 23.9 Å². The number of halogens is 1. The molecule has 0 aliphatic carbocycles. The Kier molecular flexibility index (Phi) is 5.81. The van der Waals surface area contributed by atoms with Crippen LogP contribution in [-0.4, -0.2) is 41.0 Å². The van der Waals surface area contributed by atoms with Gasteiger partial charge in [0.15, 0.2) is 0 Å². The van der Waals surface area contributed by atoms with E-state index in [1.54, 1.807) is 31.2 Å². The molecule has 8 heteroatoms. The number of carboxylic acids is 1. The van der Waals surface area contributed by atoms with Gasteiger partial charge in [0.1, 0.15) is 5.82 Å². The summed E-state index contributed by atoms with van der Waals surface area (Å²) in [6.07, 6.45) is 0.417. The second-order valence-corrected chi connectivity index (χ2v) is 7.36. The van der Waals surface area contributed by atoms with E-state index >= 15 is 0 Å². The minimum absolute atomic E-state index is 0.169. The Balaban J connectivity index is 1.56. The van der Waals surface area contributed by atoms with Crippen LogP contribution in [0.4, 0.5) is 14.9 Å². The summed E-state index contributed by atoms with van der Waals surface area (Å²) in [6.45, 7) is 2.43. The molecule has 7 nitrogen and oxygen atoms in total. The molecule has 152 valence electrons. The number of rotatable bonds is 5. The smallest absolute Gasteiger partial charge is 0.317 e. The monoisotopic (exact) mass is 399 g/mol. The number of carbonyl (C=O) groups excluding carboxylic acids is 2. The minimum Gasteiger partial charge on any atom is -0.481 e. The summed E-state index contributed by atoms with van der Waals surface area (Å²) >= 11 is 0. The Morgan fingerprint density at radius 1 is 1.17 bits per heavy atom. The van der Waals surface area contributed by atoms with Crippen LogP contribution in [0.2, 0.25) is 0 Å². The number of carboxylic acid groups (broad SMARTS) is 1. The van der Waals surface area contributed by atoms with Gasteiger partial charge in [-0.3, -0.25) is 9.59 Å². The van der Waals surface area contributed by atoms with E-state index < -0.39 is 17.2 Å². The van der Waals surface area contributed by atoms with Crippen molar-refractivity contribution in [3.8, 4) is 0 Å². The number of likely N-dealkylation sites (tertiary alicyclic amines) is 1. The van der Waals surface area contributed by atoms with E-state index in [1.165, 1.54) is 29.2 Å². The van der Waals surface area contributed by atoms with Crippen molar-refractivity contribution >= 4 is 23.6 Å². The van der Waals surface area contributed by atoms with Crippen molar-refractivity contribution in [1.29, 1.82) is 0 Å². The molecule has 2 aromatic carbocycles. The van der Waals surface area contributed by atoms with Gasteiger partial charge in [-0.15, -0.1) is 0 Å². The molecule has 1 saturated heterocycles. The molecule has 1 aliphatic heterocycles. The van der Waals surface area contributed by atoms with Crippen LogP contribution in [0.5, 0.6) is 0 Å². The Morgan fingerprint density at radius 3 is 2.55 bits per heavy atom. The third-order valence-corrected chi connectivity index (χ3v) is 5.01. The lowest BCUT2D eigenvalue weighted by Gasteiger charge is -2.20. The molecule has 0 aromatic heterocycles. The zero-order chi connectivity index (χ0) is 21.0. The number of amides is 3. The number of aliphatic carboxylic acids is 1. The molecule has 0 spiro atoms. The van der Waals surface area contributed by atoms with Gasteiger partial charge >= 0.3 is 12.0 Å². The molecule has 3 amide bonds. The molecule has 1 atom stereocenters. The normalized spacial score (nSPS) is 18.3. The Hall–Kier alpha value is -3.42. The van der Waals surface area contributed by atoms with Crippen LogP contribution in [0.1, 0.15) is 29.3 Å². The predicted molar refractivity (Wildman–Crippen MR) is 105 cm³/mol. The maximum atomic E-state index is 13.0. The SMILES string of the molecule is CC1(C(=O)O)CCN(C(=O)NCc2cccc(NC(=O)c3ccc(F)cc3)c2)C1. The number of hydrogen-bond acceptors (Lipinski definition) is 3. The van der Waals surface area contributed by atoms with E-state index in [2.05, 4.69) is 10.6 Å². The molecule has 0 radical (unpaired) electrons. The number of hydrogen-bond donors (Lipinski definition) is 3. The van der Waals surface area contributed by atoms with Crippen molar-refractivity contribution in [3.05, 3.63) is 65.5 Å².